The Hall–Kier alpha value is -2.88. The average Bonchev–Trinajstić information content (AvgIpc) is 2.92. The molecular weight excluding hydrogens is 254 g/mol. The van der Waals surface area contributed by atoms with Crippen molar-refractivity contribution in [1.29, 1.82) is 0 Å². The molecule has 0 unspecified atom stereocenters. The van der Waals surface area contributed by atoms with Crippen molar-refractivity contribution in [2.75, 3.05) is 0 Å². The molecule has 0 aliphatic rings. The van der Waals surface area contributed by atoms with Gasteiger partial charge in [-0.15, -0.1) is 0 Å². The summed E-state index contributed by atoms with van der Waals surface area (Å²) in [6.45, 7) is 0. The van der Waals surface area contributed by atoms with Crippen LogP contribution in [0.4, 0.5) is 0 Å². The zero-order valence-corrected chi connectivity index (χ0v) is 10.4. The zero-order chi connectivity index (χ0) is 13.5. The van der Waals surface area contributed by atoms with E-state index in [4.69, 9.17) is 8.83 Å². The highest BCUT2D eigenvalue weighted by atomic mass is 16.4. The molecule has 0 saturated heterocycles. The first-order chi connectivity index (χ1) is 9.81. The molecule has 0 radical (unpaired) electrons. The second kappa shape index (κ2) is 4.06. The molecule has 4 rings (SSSR count). The summed E-state index contributed by atoms with van der Waals surface area (Å²) < 4.78 is 10.9. The summed E-state index contributed by atoms with van der Waals surface area (Å²) in [5.41, 5.74) is 2.42. The van der Waals surface area contributed by atoms with E-state index in [1.54, 1.807) is 18.2 Å². The number of rotatable bonds is 1. The maximum absolute atomic E-state index is 11.2. The van der Waals surface area contributed by atoms with Gasteiger partial charge in [0.05, 0.1) is 0 Å². The standard InChI is InChI=1S/C16H9NO3/c18-14-9-6-11-12(19-14)7-8-13-15(11)17-16(20-13)10-4-2-1-3-5-10/h1-9H. The minimum Gasteiger partial charge on any atom is -0.436 e. The Morgan fingerprint density at radius 1 is 0.800 bits per heavy atom. The fourth-order valence-electron chi connectivity index (χ4n) is 2.24. The first-order valence-electron chi connectivity index (χ1n) is 6.20. The first-order valence-corrected chi connectivity index (χ1v) is 6.20. The van der Waals surface area contributed by atoms with Gasteiger partial charge in [-0.05, 0) is 30.3 Å². The van der Waals surface area contributed by atoms with Gasteiger partial charge in [-0.3, -0.25) is 0 Å². The van der Waals surface area contributed by atoms with Gasteiger partial charge in [-0.1, -0.05) is 18.2 Å². The average molecular weight is 263 g/mol. The van der Waals surface area contributed by atoms with E-state index in [-0.39, 0.29) is 5.63 Å². The summed E-state index contributed by atoms with van der Waals surface area (Å²) in [4.78, 5) is 15.7. The monoisotopic (exact) mass is 263 g/mol. The van der Waals surface area contributed by atoms with Gasteiger partial charge in [-0.2, -0.15) is 0 Å². The molecule has 0 aliphatic carbocycles. The molecule has 0 atom stereocenters. The molecule has 0 fully saturated rings. The van der Waals surface area contributed by atoms with Crippen LogP contribution in [-0.2, 0) is 0 Å². The van der Waals surface area contributed by atoms with Gasteiger partial charge in [0.2, 0.25) is 5.89 Å². The van der Waals surface area contributed by atoms with Crippen LogP contribution in [-0.4, -0.2) is 4.98 Å². The van der Waals surface area contributed by atoms with E-state index in [1.165, 1.54) is 6.07 Å². The van der Waals surface area contributed by atoms with Crippen LogP contribution in [0, 0.1) is 0 Å². The van der Waals surface area contributed by atoms with Crippen molar-refractivity contribution in [2.24, 2.45) is 0 Å². The van der Waals surface area contributed by atoms with Gasteiger partial charge in [0, 0.05) is 17.0 Å². The van der Waals surface area contributed by atoms with Crippen LogP contribution in [0.3, 0.4) is 0 Å². The number of nitrogens with zero attached hydrogens (tertiary/aromatic N) is 1. The van der Waals surface area contributed by atoms with Crippen molar-refractivity contribution >= 4 is 22.1 Å². The maximum atomic E-state index is 11.2. The number of hydrogen-bond acceptors (Lipinski definition) is 4. The number of benzene rings is 2. The summed E-state index contributed by atoms with van der Waals surface area (Å²) >= 11 is 0. The fraction of sp³-hybridized carbons (Fsp3) is 0. The van der Waals surface area contributed by atoms with Gasteiger partial charge < -0.3 is 8.83 Å². The molecule has 2 aromatic carbocycles. The van der Waals surface area contributed by atoms with Crippen LogP contribution in [0.15, 0.2) is 68.2 Å². The van der Waals surface area contributed by atoms with Gasteiger partial charge in [0.25, 0.3) is 0 Å². The summed E-state index contributed by atoms with van der Waals surface area (Å²) in [6, 6.07) is 16.3. The Morgan fingerprint density at radius 3 is 2.45 bits per heavy atom. The molecule has 0 amide bonds. The third-order valence-electron chi connectivity index (χ3n) is 3.18. The van der Waals surface area contributed by atoms with E-state index >= 15 is 0 Å². The zero-order valence-electron chi connectivity index (χ0n) is 10.4. The van der Waals surface area contributed by atoms with Crippen LogP contribution in [0.1, 0.15) is 0 Å². The van der Waals surface area contributed by atoms with Crippen LogP contribution >= 0.6 is 0 Å². The number of oxazole rings is 1. The Kier molecular flexibility index (Phi) is 2.23. The molecule has 4 heteroatoms. The van der Waals surface area contributed by atoms with Crippen molar-refractivity contribution in [2.45, 2.75) is 0 Å². The lowest BCUT2D eigenvalue weighted by Gasteiger charge is -1.94. The number of hydrogen-bond donors (Lipinski definition) is 0. The van der Waals surface area contributed by atoms with Crippen LogP contribution in [0.25, 0.3) is 33.5 Å². The number of fused-ring (bicyclic) bond motifs is 3. The highest BCUT2D eigenvalue weighted by molar-refractivity contribution is 6.01. The van der Waals surface area contributed by atoms with Crippen molar-refractivity contribution in [3.8, 4) is 11.5 Å². The second-order valence-electron chi connectivity index (χ2n) is 4.46. The molecule has 96 valence electrons. The SMILES string of the molecule is O=c1ccc2c(ccc3oc(-c4ccccc4)nc32)o1. The Labute approximate surface area is 113 Å². The first kappa shape index (κ1) is 11.0. The van der Waals surface area contributed by atoms with Crippen molar-refractivity contribution < 1.29 is 8.83 Å². The van der Waals surface area contributed by atoms with Crippen molar-refractivity contribution in [3.05, 3.63) is 65.0 Å². The van der Waals surface area contributed by atoms with E-state index in [1.807, 2.05) is 30.3 Å². The highest BCUT2D eigenvalue weighted by Crippen LogP contribution is 2.28. The summed E-state index contributed by atoms with van der Waals surface area (Å²) in [7, 11) is 0. The molecular formula is C16H9NO3. The third kappa shape index (κ3) is 1.62. The largest absolute Gasteiger partial charge is 0.436 e. The topological polar surface area (TPSA) is 56.2 Å². The molecule has 0 spiro atoms. The van der Waals surface area contributed by atoms with Crippen LogP contribution in [0.2, 0.25) is 0 Å². The Bertz CT molecular complexity index is 967. The predicted molar refractivity (Wildman–Crippen MR) is 75.5 cm³/mol. The molecule has 4 aromatic rings. The lowest BCUT2D eigenvalue weighted by molar-refractivity contribution is 0.561. The molecule has 0 saturated carbocycles. The molecule has 4 nitrogen and oxygen atoms in total. The third-order valence-corrected chi connectivity index (χ3v) is 3.18. The predicted octanol–water partition coefficient (Wildman–Crippen LogP) is 3.60. The van der Waals surface area contributed by atoms with Gasteiger partial charge in [-0.25, -0.2) is 9.78 Å². The minimum atomic E-state index is -0.372. The molecule has 2 heterocycles. The molecule has 20 heavy (non-hydrogen) atoms. The maximum Gasteiger partial charge on any atom is 0.336 e. The van der Waals surface area contributed by atoms with Crippen molar-refractivity contribution in [1.82, 2.24) is 4.98 Å². The summed E-state index contributed by atoms with van der Waals surface area (Å²) in [5, 5.41) is 0.771. The Morgan fingerprint density at radius 2 is 1.60 bits per heavy atom. The normalized spacial score (nSPS) is 11.2. The minimum absolute atomic E-state index is 0.372. The lowest BCUT2D eigenvalue weighted by Crippen LogP contribution is -1.94. The molecule has 0 bridgehead atoms. The summed E-state index contributed by atoms with van der Waals surface area (Å²) in [6.07, 6.45) is 0. The highest BCUT2D eigenvalue weighted by Gasteiger charge is 2.11. The van der Waals surface area contributed by atoms with Crippen LogP contribution in [0.5, 0.6) is 0 Å². The molecule has 2 aromatic heterocycles. The lowest BCUT2D eigenvalue weighted by atomic mass is 10.2. The Balaban J connectivity index is 2.04. The van der Waals surface area contributed by atoms with Gasteiger partial charge in [0.15, 0.2) is 5.58 Å². The second-order valence-corrected chi connectivity index (χ2v) is 4.46. The quantitative estimate of drug-likeness (QED) is 0.492. The van der Waals surface area contributed by atoms with E-state index < -0.39 is 0 Å². The molecule has 0 aliphatic heterocycles. The molecule has 0 N–H and O–H groups in total. The van der Waals surface area contributed by atoms with Crippen molar-refractivity contribution in [3.63, 3.8) is 0 Å². The van der Waals surface area contributed by atoms with Crippen LogP contribution < -0.4 is 5.63 Å². The van der Waals surface area contributed by atoms with Gasteiger partial charge >= 0.3 is 5.63 Å². The number of aromatic nitrogens is 1. The summed E-state index contributed by atoms with van der Waals surface area (Å²) in [5.74, 6) is 0.555. The van der Waals surface area contributed by atoms with E-state index in [9.17, 15) is 4.79 Å². The van der Waals surface area contributed by atoms with E-state index in [2.05, 4.69) is 4.98 Å². The van der Waals surface area contributed by atoms with E-state index in [0.717, 1.165) is 10.9 Å². The van der Waals surface area contributed by atoms with E-state index in [0.29, 0.717) is 22.6 Å². The van der Waals surface area contributed by atoms with Gasteiger partial charge in [0.1, 0.15) is 11.1 Å². The smallest absolute Gasteiger partial charge is 0.336 e. The fourth-order valence-corrected chi connectivity index (χ4v) is 2.24.